The van der Waals surface area contributed by atoms with Gasteiger partial charge in [-0.3, -0.25) is 4.79 Å². The van der Waals surface area contributed by atoms with Crippen LogP contribution in [0.1, 0.15) is 75.8 Å². The lowest BCUT2D eigenvalue weighted by Gasteiger charge is -2.48. The first kappa shape index (κ1) is 17.8. The Morgan fingerprint density at radius 1 is 1.19 bits per heavy atom. The predicted octanol–water partition coefficient (Wildman–Crippen LogP) is 5.85. The minimum atomic E-state index is -0.0201. The summed E-state index contributed by atoms with van der Waals surface area (Å²) in [5.41, 5.74) is 3.01. The minimum Gasteiger partial charge on any atom is -0.493 e. The molecule has 1 aromatic rings. The first-order chi connectivity index (χ1) is 12.6. The monoisotopic (exact) mass is 352 g/mol. The van der Waals surface area contributed by atoms with Gasteiger partial charge in [0.05, 0.1) is 6.61 Å². The number of carbonyl (C=O) groups excluding carboxylic acids is 1. The molecule has 0 aliphatic heterocycles. The van der Waals surface area contributed by atoms with E-state index < -0.39 is 0 Å². The summed E-state index contributed by atoms with van der Waals surface area (Å²) >= 11 is 0. The van der Waals surface area contributed by atoms with Crippen molar-refractivity contribution in [2.45, 2.75) is 71.1 Å². The predicted molar refractivity (Wildman–Crippen MR) is 106 cm³/mol. The van der Waals surface area contributed by atoms with Crippen LogP contribution in [-0.4, -0.2) is 12.4 Å². The molecule has 0 bridgehead atoms. The highest BCUT2D eigenvalue weighted by Crippen LogP contribution is 2.59. The van der Waals surface area contributed by atoms with E-state index in [9.17, 15) is 4.79 Å². The zero-order valence-electron chi connectivity index (χ0n) is 16.3. The van der Waals surface area contributed by atoms with Gasteiger partial charge >= 0.3 is 0 Å². The molecule has 3 aliphatic carbocycles. The molecule has 4 rings (SSSR count). The Labute approximate surface area is 158 Å². The number of rotatable bonds is 5. The molecule has 0 aromatic heterocycles. The second-order valence-corrected chi connectivity index (χ2v) is 8.71. The van der Waals surface area contributed by atoms with Gasteiger partial charge in [-0.25, -0.2) is 0 Å². The van der Waals surface area contributed by atoms with Gasteiger partial charge in [0.2, 0.25) is 0 Å². The topological polar surface area (TPSA) is 26.3 Å². The van der Waals surface area contributed by atoms with Gasteiger partial charge in [-0.1, -0.05) is 32.1 Å². The molecule has 140 valence electrons. The van der Waals surface area contributed by atoms with Crippen LogP contribution < -0.4 is 4.74 Å². The SMILES string of the molecule is CC/C=C\CCOc1ccc2c(c1)CC[C@@H]1[C@@H]2CC[C@]2(C)C(=O)CC[C@@H]12. The third-order valence-corrected chi connectivity index (χ3v) is 7.36. The molecular formula is C24H32O2. The van der Waals surface area contributed by atoms with Crippen molar-refractivity contribution < 1.29 is 9.53 Å². The van der Waals surface area contributed by atoms with Gasteiger partial charge in [-0.15, -0.1) is 0 Å². The van der Waals surface area contributed by atoms with Crippen LogP contribution in [0, 0.1) is 17.3 Å². The Morgan fingerprint density at radius 3 is 2.92 bits per heavy atom. The van der Waals surface area contributed by atoms with Crippen molar-refractivity contribution in [3.05, 3.63) is 41.5 Å². The second-order valence-electron chi connectivity index (χ2n) is 8.71. The second kappa shape index (κ2) is 7.21. The molecule has 4 atom stereocenters. The largest absolute Gasteiger partial charge is 0.493 e. The van der Waals surface area contributed by atoms with Gasteiger partial charge in [0.1, 0.15) is 11.5 Å². The van der Waals surface area contributed by atoms with Crippen molar-refractivity contribution in [2.75, 3.05) is 6.61 Å². The van der Waals surface area contributed by atoms with E-state index in [1.807, 2.05) is 0 Å². The van der Waals surface area contributed by atoms with Gasteiger partial charge in [-0.05, 0) is 86.0 Å². The maximum Gasteiger partial charge on any atom is 0.139 e. The first-order valence-electron chi connectivity index (χ1n) is 10.6. The molecule has 0 N–H and O–H groups in total. The average Bonchev–Trinajstić information content (AvgIpc) is 2.96. The zero-order chi connectivity index (χ0) is 18.1. The van der Waals surface area contributed by atoms with Crippen LogP contribution in [-0.2, 0) is 11.2 Å². The number of hydrogen-bond acceptors (Lipinski definition) is 2. The highest BCUT2D eigenvalue weighted by molar-refractivity contribution is 5.87. The molecule has 1 aromatic carbocycles. The molecule has 26 heavy (non-hydrogen) atoms. The summed E-state index contributed by atoms with van der Waals surface area (Å²) in [6.45, 7) is 5.16. The Hall–Kier alpha value is -1.57. The number of hydrogen-bond donors (Lipinski definition) is 0. The van der Waals surface area contributed by atoms with E-state index in [0.717, 1.165) is 50.9 Å². The maximum atomic E-state index is 12.4. The van der Waals surface area contributed by atoms with Crippen LogP contribution in [0.3, 0.4) is 0 Å². The van der Waals surface area contributed by atoms with Gasteiger partial charge in [0.25, 0.3) is 0 Å². The van der Waals surface area contributed by atoms with Crippen LogP contribution in [0.25, 0.3) is 0 Å². The Morgan fingerprint density at radius 2 is 2.08 bits per heavy atom. The van der Waals surface area contributed by atoms with Crippen molar-refractivity contribution >= 4 is 5.78 Å². The molecule has 0 saturated heterocycles. The molecule has 0 amide bonds. The number of fused-ring (bicyclic) bond motifs is 5. The highest BCUT2D eigenvalue weighted by atomic mass is 16.5. The maximum absolute atomic E-state index is 12.4. The standard InChI is InChI=1S/C24H32O2/c1-3-4-5-6-15-26-18-8-10-19-17(16-18)7-9-21-20(19)13-14-24(2)22(21)11-12-23(24)25/h4-5,8,10,16,20-22H,3,6-7,9,11-15H2,1-2H3/b5-4-/t20-,21-,22+,24+/m1/s1. The Kier molecular flexibility index (Phi) is 4.94. The summed E-state index contributed by atoms with van der Waals surface area (Å²) in [6.07, 6.45) is 13.0. The summed E-state index contributed by atoms with van der Waals surface area (Å²) in [6, 6.07) is 6.77. The molecule has 2 heteroatoms. The lowest BCUT2D eigenvalue weighted by molar-refractivity contribution is -0.129. The number of ether oxygens (including phenoxy) is 1. The van der Waals surface area contributed by atoms with Crippen LogP contribution in [0.5, 0.6) is 5.75 Å². The quantitative estimate of drug-likeness (QED) is 0.491. The molecule has 2 nitrogen and oxygen atoms in total. The fourth-order valence-electron chi connectivity index (χ4n) is 5.95. The van der Waals surface area contributed by atoms with Crippen LogP contribution in [0.2, 0.25) is 0 Å². The molecule has 0 unspecified atom stereocenters. The van der Waals surface area contributed by atoms with Crippen LogP contribution in [0.4, 0.5) is 0 Å². The molecular weight excluding hydrogens is 320 g/mol. The Bertz CT molecular complexity index is 704. The molecule has 3 aliphatic rings. The third kappa shape index (κ3) is 3.02. The van der Waals surface area contributed by atoms with Crippen LogP contribution >= 0.6 is 0 Å². The summed E-state index contributed by atoms with van der Waals surface area (Å²) in [7, 11) is 0. The zero-order valence-corrected chi connectivity index (χ0v) is 16.3. The van der Waals surface area contributed by atoms with Crippen molar-refractivity contribution in [1.82, 2.24) is 0 Å². The van der Waals surface area contributed by atoms with E-state index in [2.05, 4.69) is 44.2 Å². The number of carbonyl (C=O) groups is 1. The summed E-state index contributed by atoms with van der Waals surface area (Å²) < 4.78 is 5.96. The fourth-order valence-corrected chi connectivity index (χ4v) is 5.95. The van der Waals surface area contributed by atoms with Gasteiger partial charge < -0.3 is 4.74 Å². The molecule has 2 fully saturated rings. The van der Waals surface area contributed by atoms with Crippen molar-refractivity contribution in [3.8, 4) is 5.75 Å². The number of aryl methyl sites for hydroxylation is 1. The van der Waals surface area contributed by atoms with Crippen molar-refractivity contribution in [2.24, 2.45) is 17.3 Å². The molecule has 0 radical (unpaired) electrons. The number of allylic oxidation sites excluding steroid dienone is 1. The summed E-state index contributed by atoms with van der Waals surface area (Å²) in [4.78, 5) is 12.4. The third-order valence-electron chi connectivity index (χ3n) is 7.36. The van der Waals surface area contributed by atoms with Gasteiger partial charge in [-0.2, -0.15) is 0 Å². The van der Waals surface area contributed by atoms with Crippen molar-refractivity contribution in [1.29, 1.82) is 0 Å². The van der Waals surface area contributed by atoms with E-state index in [1.54, 1.807) is 5.56 Å². The van der Waals surface area contributed by atoms with Gasteiger partial charge in [0.15, 0.2) is 0 Å². The van der Waals surface area contributed by atoms with E-state index >= 15 is 0 Å². The lowest BCUT2D eigenvalue weighted by Crippen LogP contribution is -2.42. The number of ketones is 1. The smallest absolute Gasteiger partial charge is 0.139 e. The van der Waals surface area contributed by atoms with E-state index in [4.69, 9.17) is 4.74 Å². The highest BCUT2D eigenvalue weighted by Gasteiger charge is 2.54. The number of benzene rings is 1. The van der Waals surface area contributed by atoms with E-state index in [1.165, 1.54) is 18.4 Å². The molecule has 0 heterocycles. The van der Waals surface area contributed by atoms with Crippen LogP contribution in [0.15, 0.2) is 30.4 Å². The molecule has 0 spiro atoms. The first-order valence-corrected chi connectivity index (χ1v) is 10.6. The normalized spacial score (nSPS) is 33.0. The van der Waals surface area contributed by atoms with Gasteiger partial charge in [0, 0.05) is 11.8 Å². The average molecular weight is 353 g/mol. The lowest BCUT2D eigenvalue weighted by atomic mass is 9.55. The summed E-state index contributed by atoms with van der Waals surface area (Å²) in [5, 5.41) is 0. The van der Waals surface area contributed by atoms with E-state index in [0.29, 0.717) is 23.5 Å². The Balaban J connectivity index is 1.47. The minimum absolute atomic E-state index is 0.0201. The number of Topliss-reactive ketones (excluding diaryl/α,β-unsaturated/α-hetero) is 1. The summed E-state index contributed by atoms with van der Waals surface area (Å²) in [5.74, 6) is 3.53. The molecule has 2 saturated carbocycles. The van der Waals surface area contributed by atoms with E-state index in [-0.39, 0.29) is 5.41 Å². The van der Waals surface area contributed by atoms with Crippen molar-refractivity contribution in [3.63, 3.8) is 0 Å². The fraction of sp³-hybridized carbons (Fsp3) is 0.625.